The Hall–Kier alpha value is -2.60. The highest BCUT2D eigenvalue weighted by Crippen LogP contribution is 2.37. The van der Waals surface area contributed by atoms with E-state index in [0.717, 1.165) is 42.9 Å². The van der Waals surface area contributed by atoms with Crippen LogP contribution in [0.4, 0.5) is 4.39 Å². The van der Waals surface area contributed by atoms with E-state index in [2.05, 4.69) is 22.3 Å². The van der Waals surface area contributed by atoms with Crippen molar-refractivity contribution < 1.29 is 18.7 Å². The zero-order valence-corrected chi connectivity index (χ0v) is 16.5. The van der Waals surface area contributed by atoms with E-state index in [0.29, 0.717) is 38.3 Å². The maximum atomic E-state index is 13.7. The highest BCUT2D eigenvalue weighted by atomic mass is 19.1. The van der Waals surface area contributed by atoms with Crippen LogP contribution in [0.5, 0.6) is 11.5 Å². The molecule has 0 spiro atoms. The van der Waals surface area contributed by atoms with Gasteiger partial charge in [-0.15, -0.1) is 0 Å². The Morgan fingerprint density at radius 1 is 1.10 bits per heavy atom. The van der Waals surface area contributed by atoms with Gasteiger partial charge in [0.15, 0.2) is 11.5 Å². The molecule has 1 saturated heterocycles. The van der Waals surface area contributed by atoms with Crippen LogP contribution in [0.1, 0.15) is 36.4 Å². The molecule has 0 radical (unpaired) electrons. The van der Waals surface area contributed by atoms with Gasteiger partial charge in [0, 0.05) is 19.0 Å². The molecule has 2 aromatic carbocycles. The normalized spacial score (nSPS) is 19.0. The van der Waals surface area contributed by atoms with Crippen molar-refractivity contribution >= 4 is 5.91 Å². The summed E-state index contributed by atoms with van der Waals surface area (Å²) in [6.45, 7) is 3.00. The Kier molecular flexibility index (Phi) is 6.30. The number of benzene rings is 2. The maximum Gasteiger partial charge on any atom is 0.234 e. The summed E-state index contributed by atoms with van der Waals surface area (Å²) >= 11 is 0. The number of hydrogen-bond acceptors (Lipinski definition) is 4. The zero-order valence-electron chi connectivity index (χ0n) is 16.5. The topological polar surface area (TPSA) is 50.8 Å². The second-order valence-corrected chi connectivity index (χ2v) is 7.58. The number of ether oxygens (including phenoxy) is 2. The molecule has 0 unspecified atom stereocenters. The van der Waals surface area contributed by atoms with Crippen molar-refractivity contribution in [1.82, 2.24) is 10.2 Å². The number of rotatable bonds is 6. The van der Waals surface area contributed by atoms with Gasteiger partial charge in [-0.05, 0) is 55.1 Å². The highest BCUT2D eigenvalue weighted by Gasteiger charge is 2.28. The van der Waals surface area contributed by atoms with E-state index in [9.17, 15) is 9.18 Å². The SMILES string of the molecule is O=C(CN1CCC[C@@H]1c1ccc2c(c1)OCCCO2)NCCc1ccccc1F. The number of amides is 1. The lowest BCUT2D eigenvalue weighted by atomic mass is 10.0. The second kappa shape index (κ2) is 9.27. The summed E-state index contributed by atoms with van der Waals surface area (Å²) < 4.78 is 25.2. The van der Waals surface area contributed by atoms with Crippen LogP contribution in [0, 0.1) is 5.82 Å². The van der Waals surface area contributed by atoms with Gasteiger partial charge in [0.25, 0.3) is 0 Å². The van der Waals surface area contributed by atoms with Crippen LogP contribution >= 0.6 is 0 Å². The molecule has 0 aliphatic carbocycles. The molecule has 1 atom stereocenters. The summed E-state index contributed by atoms with van der Waals surface area (Å²) in [7, 11) is 0. The number of nitrogens with one attached hydrogen (secondary N) is 1. The first-order valence-corrected chi connectivity index (χ1v) is 10.3. The van der Waals surface area contributed by atoms with E-state index >= 15 is 0 Å². The monoisotopic (exact) mass is 398 g/mol. The summed E-state index contributed by atoms with van der Waals surface area (Å²) in [5.41, 5.74) is 1.78. The van der Waals surface area contributed by atoms with Gasteiger partial charge in [-0.2, -0.15) is 0 Å². The van der Waals surface area contributed by atoms with Gasteiger partial charge in [-0.25, -0.2) is 4.39 Å². The smallest absolute Gasteiger partial charge is 0.234 e. The van der Waals surface area contributed by atoms with E-state index in [1.165, 1.54) is 6.07 Å². The summed E-state index contributed by atoms with van der Waals surface area (Å²) in [6.07, 6.45) is 3.44. The molecule has 0 bridgehead atoms. The minimum Gasteiger partial charge on any atom is -0.490 e. The van der Waals surface area contributed by atoms with E-state index in [1.807, 2.05) is 12.1 Å². The van der Waals surface area contributed by atoms with Crippen LogP contribution in [0.2, 0.25) is 0 Å². The number of fused-ring (bicyclic) bond motifs is 1. The molecular weight excluding hydrogens is 371 g/mol. The minimum atomic E-state index is -0.226. The molecule has 2 aliphatic rings. The number of carbonyl (C=O) groups excluding carboxylic acids is 1. The van der Waals surface area contributed by atoms with Crippen molar-refractivity contribution in [2.75, 3.05) is 32.8 Å². The van der Waals surface area contributed by atoms with Crippen LogP contribution in [0.25, 0.3) is 0 Å². The van der Waals surface area contributed by atoms with Crippen LogP contribution in [-0.4, -0.2) is 43.7 Å². The molecule has 2 aliphatic heterocycles. The van der Waals surface area contributed by atoms with Crippen molar-refractivity contribution in [2.45, 2.75) is 31.7 Å². The van der Waals surface area contributed by atoms with Crippen molar-refractivity contribution in [3.8, 4) is 11.5 Å². The third-order valence-electron chi connectivity index (χ3n) is 5.54. The largest absolute Gasteiger partial charge is 0.490 e. The molecule has 0 saturated carbocycles. The summed E-state index contributed by atoms with van der Waals surface area (Å²) in [4.78, 5) is 14.6. The fourth-order valence-corrected chi connectivity index (χ4v) is 4.06. The number of nitrogens with zero attached hydrogens (tertiary/aromatic N) is 1. The second-order valence-electron chi connectivity index (χ2n) is 7.58. The van der Waals surface area contributed by atoms with Crippen molar-refractivity contribution in [3.05, 3.63) is 59.4 Å². The highest BCUT2D eigenvalue weighted by molar-refractivity contribution is 5.78. The van der Waals surface area contributed by atoms with Crippen LogP contribution < -0.4 is 14.8 Å². The van der Waals surface area contributed by atoms with E-state index in [-0.39, 0.29) is 17.8 Å². The summed E-state index contributed by atoms with van der Waals surface area (Å²) in [5, 5.41) is 2.92. The van der Waals surface area contributed by atoms with Crippen LogP contribution in [-0.2, 0) is 11.2 Å². The van der Waals surface area contributed by atoms with Crippen molar-refractivity contribution in [2.24, 2.45) is 0 Å². The van der Waals surface area contributed by atoms with Crippen LogP contribution in [0.15, 0.2) is 42.5 Å². The molecule has 1 N–H and O–H groups in total. The number of likely N-dealkylation sites (tertiary alicyclic amines) is 1. The average Bonchev–Trinajstić information content (AvgIpc) is 3.04. The Morgan fingerprint density at radius 3 is 2.79 bits per heavy atom. The Bertz CT molecular complexity index is 858. The number of carbonyl (C=O) groups is 1. The fourth-order valence-electron chi connectivity index (χ4n) is 4.06. The number of halogens is 1. The van der Waals surface area contributed by atoms with Crippen LogP contribution in [0.3, 0.4) is 0 Å². The Morgan fingerprint density at radius 2 is 1.93 bits per heavy atom. The molecule has 2 aromatic rings. The molecule has 4 rings (SSSR count). The molecule has 1 fully saturated rings. The third kappa shape index (κ3) is 4.88. The fraction of sp³-hybridized carbons (Fsp3) is 0.435. The van der Waals surface area contributed by atoms with Gasteiger partial charge >= 0.3 is 0 Å². The Labute approximate surface area is 170 Å². The molecule has 0 aromatic heterocycles. The van der Waals surface area contributed by atoms with Gasteiger partial charge in [-0.1, -0.05) is 24.3 Å². The van der Waals surface area contributed by atoms with Gasteiger partial charge in [-0.3, -0.25) is 9.69 Å². The predicted octanol–water partition coefficient (Wildman–Crippen LogP) is 3.48. The third-order valence-corrected chi connectivity index (χ3v) is 5.54. The van der Waals surface area contributed by atoms with E-state index in [1.54, 1.807) is 12.1 Å². The van der Waals surface area contributed by atoms with Gasteiger partial charge in [0.2, 0.25) is 5.91 Å². The van der Waals surface area contributed by atoms with E-state index < -0.39 is 0 Å². The summed E-state index contributed by atoms with van der Waals surface area (Å²) in [5.74, 6) is 1.33. The maximum absolute atomic E-state index is 13.7. The van der Waals surface area contributed by atoms with Gasteiger partial charge < -0.3 is 14.8 Å². The molecule has 1 amide bonds. The molecule has 5 nitrogen and oxygen atoms in total. The average molecular weight is 398 g/mol. The first-order valence-electron chi connectivity index (χ1n) is 10.3. The predicted molar refractivity (Wildman–Crippen MR) is 109 cm³/mol. The van der Waals surface area contributed by atoms with Crippen molar-refractivity contribution in [3.63, 3.8) is 0 Å². The molecule has 154 valence electrons. The first-order chi connectivity index (χ1) is 14.2. The lowest BCUT2D eigenvalue weighted by Gasteiger charge is -2.25. The minimum absolute atomic E-state index is 0.0254. The standard InChI is InChI=1S/C23H27FN2O3/c24-19-6-2-1-5-17(19)10-11-25-23(27)16-26-12-3-7-20(26)18-8-9-21-22(15-18)29-14-4-13-28-21/h1-2,5-6,8-9,15,20H,3-4,7,10-14,16H2,(H,25,27)/t20-/m1/s1. The van der Waals surface area contributed by atoms with Gasteiger partial charge in [0.1, 0.15) is 5.82 Å². The van der Waals surface area contributed by atoms with E-state index in [4.69, 9.17) is 9.47 Å². The lowest BCUT2D eigenvalue weighted by Crippen LogP contribution is -2.37. The molecular formula is C23H27FN2O3. The Balaban J connectivity index is 1.33. The van der Waals surface area contributed by atoms with Crippen molar-refractivity contribution in [1.29, 1.82) is 0 Å². The lowest BCUT2D eigenvalue weighted by molar-refractivity contribution is -0.122. The van der Waals surface area contributed by atoms with Gasteiger partial charge in [0.05, 0.1) is 19.8 Å². The first kappa shape index (κ1) is 19.7. The summed E-state index contributed by atoms with van der Waals surface area (Å²) in [6, 6.07) is 13.0. The zero-order chi connectivity index (χ0) is 20.1. The molecule has 29 heavy (non-hydrogen) atoms. The molecule has 6 heteroatoms. The number of hydrogen-bond donors (Lipinski definition) is 1. The molecule has 2 heterocycles. The quantitative estimate of drug-likeness (QED) is 0.809.